The largest absolute Gasteiger partial charge is 0.458 e. The van der Waals surface area contributed by atoms with E-state index in [-0.39, 0.29) is 0 Å². The average Bonchev–Trinajstić information content (AvgIpc) is 3.39. The second-order valence-electron chi connectivity index (χ2n) is 10.4. The molecule has 0 saturated heterocycles. The van der Waals surface area contributed by atoms with Crippen molar-refractivity contribution in [2.75, 3.05) is 9.80 Å². The number of anilines is 5. The molecule has 1 aliphatic rings. The zero-order chi connectivity index (χ0) is 26.9. The van der Waals surface area contributed by atoms with Crippen LogP contribution in [-0.2, 0) is 5.54 Å². The molecule has 0 aliphatic heterocycles. The van der Waals surface area contributed by atoms with E-state index in [1.54, 1.807) is 0 Å². The molecule has 0 fully saturated rings. The van der Waals surface area contributed by atoms with Gasteiger partial charge < -0.3 is 14.2 Å². The molecule has 6 aromatic rings. The van der Waals surface area contributed by atoms with E-state index in [4.69, 9.17) is 4.42 Å². The number of hydrogen-bond donors (Lipinski definition) is 0. The van der Waals surface area contributed by atoms with Gasteiger partial charge in [0.05, 0.1) is 0 Å². The summed E-state index contributed by atoms with van der Waals surface area (Å²) >= 11 is 0. The Morgan fingerprint density at radius 2 is 1.07 bits per heavy atom. The lowest BCUT2D eigenvalue weighted by Crippen LogP contribution is -2.41. The van der Waals surface area contributed by atoms with E-state index in [2.05, 4.69) is 168 Å². The first kappa shape index (κ1) is 24.1. The van der Waals surface area contributed by atoms with Crippen LogP contribution in [-0.4, -0.2) is 0 Å². The number of nitrogens with zero attached hydrogens (tertiary/aromatic N) is 2. The molecule has 1 atom stereocenters. The minimum Gasteiger partial charge on any atom is -0.458 e. The highest BCUT2D eigenvalue weighted by molar-refractivity contribution is 5.94. The highest BCUT2D eigenvalue weighted by atomic mass is 16.3. The van der Waals surface area contributed by atoms with Crippen molar-refractivity contribution in [1.82, 2.24) is 0 Å². The number of benzene rings is 5. The lowest BCUT2D eigenvalue weighted by molar-refractivity contribution is 0.376. The van der Waals surface area contributed by atoms with Crippen molar-refractivity contribution in [2.24, 2.45) is 0 Å². The van der Waals surface area contributed by atoms with Gasteiger partial charge in [-0.3, -0.25) is 0 Å². The summed E-state index contributed by atoms with van der Waals surface area (Å²) < 4.78 is 6.76. The number of rotatable bonds is 6. The van der Waals surface area contributed by atoms with Gasteiger partial charge in [-0.2, -0.15) is 0 Å². The van der Waals surface area contributed by atoms with Crippen molar-refractivity contribution in [3.8, 4) is 0 Å². The number of hydrogen-bond acceptors (Lipinski definition) is 3. The van der Waals surface area contributed by atoms with Crippen molar-refractivity contribution in [1.29, 1.82) is 0 Å². The van der Waals surface area contributed by atoms with Crippen molar-refractivity contribution < 1.29 is 4.42 Å². The van der Waals surface area contributed by atoms with E-state index in [0.29, 0.717) is 0 Å². The normalized spacial score (nSPS) is 16.0. The van der Waals surface area contributed by atoms with Crippen LogP contribution < -0.4 is 9.80 Å². The van der Waals surface area contributed by atoms with Gasteiger partial charge in [0.2, 0.25) is 0 Å². The highest BCUT2D eigenvalue weighted by Gasteiger charge is 2.41. The molecular formula is C37H30N2O. The summed E-state index contributed by atoms with van der Waals surface area (Å²) in [5.41, 5.74) is 7.23. The summed E-state index contributed by atoms with van der Waals surface area (Å²) in [4.78, 5) is 4.71. The molecule has 3 nitrogen and oxygen atoms in total. The summed E-state index contributed by atoms with van der Waals surface area (Å²) in [6.45, 7) is 2.29. The minimum atomic E-state index is -0.412. The van der Waals surface area contributed by atoms with E-state index in [1.165, 1.54) is 0 Å². The Labute approximate surface area is 235 Å². The van der Waals surface area contributed by atoms with Crippen LogP contribution >= 0.6 is 0 Å². The summed E-state index contributed by atoms with van der Waals surface area (Å²) in [5, 5.41) is 1.12. The van der Waals surface area contributed by atoms with Gasteiger partial charge in [-0.25, -0.2) is 0 Å². The molecule has 5 aromatic carbocycles. The van der Waals surface area contributed by atoms with Crippen molar-refractivity contribution in [3.05, 3.63) is 157 Å². The van der Waals surface area contributed by atoms with Crippen LogP contribution in [0, 0.1) is 0 Å². The van der Waals surface area contributed by atoms with E-state index in [1.807, 2.05) is 0 Å². The maximum atomic E-state index is 6.76. The first-order valence-corrected chi connectivity index (χ1v) is 13.8. The summed E-state index contributed by atoms with van der Waals surface area (Å²) in [7, 11) is 0. The summed E-state index contributed by atoms with van der Waals surface area (Å²) in [5.74, 6) is 0.987. The molecule has 1 aliphatic carbocycles. The third kappa shape index (κ3) is 4.07. The average molecular weight is 519 g/mol. The van der Waals surface area contributed by atoms with Gasteiger partial charge in [0, 0.05) is 39.4 Å². The van der Waals surface area contributed by atoms with Crippen LogP contribution in [0.2, 0.25) is 0 Å². The quantitative estimate of drug-likeness (QED) is 0.219. The predicted octanol–water partition coefficient (Wildman–Crippen LogP) is 10.4. The fourth-order valence-electron chi connectivity index (χ4n) is 5.98. The molecule has 1 aromatic heterocycles. The molecule has 0 saturated carbocycles. The Bertz CT molecular complexity index is 1700. The molecule has 7 rings (SSSR count). The van der Waals surface area contributed by atoms with Gasteiger partial charge in [0.15, 0.2) is 0 Å². The second-order valence-corrected chi connectivity index (χ2v) is 10.4. The van der Waals surface area contributed by atoms with Crippen LogP contribution in [0.15, 0.2) is 150 Å². The zero-order valence-corrected chi connectivity index (χ0v) is 22.4. The molecule has 0 radical (unpaired) electrons. The van der Waals surface area contributed by atoms with Crippen molar-refractivity contribution in [3.63, 3.8) is 0 Å². The Balaban J connectivity index is 1.40. The van der Waals surface area contributed by atoms with Crippen LogP contribution in [0.25, 0.3) is 17.0 Å². The molecular weight excluding hydrogens is 488 g/mol. The van der Waals surface area contributed by atoms with E-state index < -0.39 is 5.54 Å². The van der Waals surface area contributed by atoms with Gasteiger partial charge in [0.1, 0.15) is 16.9 Å². The molecule has 0 amide bonds. The van der Waals surface area contributed by atoms with Crippen LogP contribution in [0.5, 0.6) is 0 Å². The molecule has 194 valence electrons. The SMILES string of the molecule is CC1(N(c2ccccc2)c2ccccc2)CC=Cc2c1oc1ccc(N(c3ccccc3)c3ccccc3)cc21. The van der Waals surface area contributed by atoms with E-state index >= 15 is 0 Å². The maximum absolute atomic E-state index is 6.76. The zero-order valence-electron chi connectivity index (χ0n) is 22.4. The van der Waals surface area contributed by atoms with Gasteiger partial charge in [-0.05, 0) is 80.1 Å². The van der Waals surface area contributed by atoms with Gasteiger partial charge in [-0.1, -0.05) is 84.9 Å². The number of para-hydroxylation sites is 4. The Hall–Kier alpha value is -5.02. The van der Waals surface area contributed by atoms with Crippen molar-refractivity contribution in [2.45, 2.75) is 18.9 Å². The Kier molecular flexibility index (Phi) is 5.98. The summed E-state index contributed by atoms with van der Waals surface area (Å²) in [6.07, 6.45) is 5.35. The third-order valence-electron chi connectivity index (χ3n) is 7.81. The molecule has 1 heterocycles. The van der Waals surface area contributed by atoms with Crippen LogP contribution in [0.3, 0.4) is 0 Å². The predicted molar refractivity (Wildman–Crippen MR) is 167 cm³/mol. The third-order valence-corrected chi connectivity index (χ3v) is 7.81. The topological polar surface area (TPSA) is 19.6 Å². The maximum Gasteiger partial charge on any atom is 0.138 e. The number of fused-ring (bicyclic) bond motifs is 3. The molecule has 3 heteroatoms. The van der Waals surface area contributed by atoms with E-state index in [9.17, 15) is 0 Å². The molecule has 1 unspecified atom stereocenters. The first-order chi connectivity index (χ1) is 19.7. The Morgan fingerprint density at radius 3 is 1.60 bits per heavy atom. The highest BCUT2D eigenvalue weighted by Crippen LogP contribution is 2.49. The van der Waals surface area contributed by atoms with Gasteiger partial charge in [0.25, 0.3) is 0 Å². The molecule has 40 heavy (non-hydrogen) atoms. The van der Waals surface area contributed by atoms with Gasteiger partial charge in [-0.15, -0.1) is 0 Å². The first-order valence-electron chi connectivity index (χ1n) is 13.8. The fourth-order valence-corrected chi connectivity index (χ4v) is 5.98. The van der Waals surface area contributed by atoms with Gasteiger partial charge >= 0.3 is 0 Å². The monoisotopic (exact) mass is 518 g/mol. The fraction of sp³-hybridized carbons (Fsp3) is 0.0811. The lowest BCUT2D eigenvalue weighted by Gasteiger charge is -2.43. The summed E-state index contributed by atoms with van der Waals surface area (Å²) in [6, 6.07) is 48.8. The number of furan rings is 1. The second kappa shape index (κ2) is 9.94. The van der Waals surface area contributed by atoms with E-state index in [0.717, 1.165) is 57.2 Å². The smallest absolute Gasteiger partial charge is 0.138 e. The molecule has 0 N–H and O–H groups in total. The molecule has 0 spiro atoms. The Morgan fingerprint density at radius 1 is 0.575 bits per heavy atom. The lowest BCUT2D eigenvalue weighted by atomic mass is 9.84. The standard InChI is InChI=1S/C37H30N2O/c1-37(39(30-19-10-4-11-20-30)31-21-12-5-13-22-31)26-14-23-33-34-27-32(24-25-35(34)40-36(33)37)38(28-15-6-2-7-16-28)29-17-8-3-9-18-29/h2-25,27H,26H2,1H3. The van der Waals surface area contributed by atoms with Crippen molar-refractivity contribution >= 4 is 45.5 Å². The minimum absolute atomic E-state index is 0.412. The van der Waals surface area contributed by atoms with Crippen LogP contribution in [0.4, 0.5) is 28.4 Å². The molecule has 0 bridgehead atoms. The van der Waals surface area contributed by atoms with Crippen LogP contribution in [0.1, 0.15) is 24.7 Å².